The van der Waals surface area contributed by atoms with Gasteiger partial charge >= 0.3 is 6.18 Å². The van der Waals surface area contributed by atoms with Crippen LogP contribution < -0.4 is 0 Å². The van der Waals surface area contributed by atoms with Crippen molar-refractivity contribution in [1.82, 2.24) is 24.5 Å². The predicted octanol–water partition coefficient (Wildman–Crippen LogP) is 2.58. The second-order valence-electron chi connectivity index (χ2n) is 6.03. The number of imidazole rings is 1. The number of fused-ring (bicyclic) bond motifs is 2. The minimum absolute atomic E-state index is 0.0343. The second-order valence-corrected chi connectivity index (χ2v) is 6.03. The number of nitrogens with zero attached hydrogens (tertiary/aromatic N) is 4. The molecule has 0 aromatic carbocycles. The fourth-order valence-electron chi connectivity index (χ4n) is 3.12. The summed E-state index contributed by atoms with van der Waals surface area (Å²) in [5.41, 5.74) is 1.27. The summed E-state index contributed by atoms with van der Waals surface area (Å²) in [6.45, 7) is 2.07. The van der Waals surface area contributed by atoms with Crippen molar-refractivity contribution < 1.29 is 18.0 Å². The first-order valence-corrected chi connectivity index (χ1v) is 7.72. The lowest BCUT2D eigenvalue weighted by molar-refractivity contribution is -0.142. The summed E-state index contributed by atoms with van der Waals surface area (Å²) in [7, 11) is 0. The van der Waals surface area contributed by atoms with Crippen molar-refractivity contribution in [3.05, 3.63) is 52.7 Å². The molecule has 0 radical (unpaired) electrons. The van der Waals surface area contributed by atoms with Gasteiger partial charge in [-0.3, -0.25) is 9.89 Å². The Bertz CT molecular complexity index is 972. The zero-order chi connectivity index (χ0) is 17.8. The normalized spacial score (nSPS) is 14.8. The number of H-pyrrole nitrogens is 1. The van der Waals surface area contributed by atoms with Crippen LogP contribution in [0.5, 0.6) is 0 Å². The van der Waals surface area contributed by atoms with Gasteiger partial charge in [-0.25, -0.2) is 4.98 Å². The third-order valence-electron chi connectivity index (χ3n) is 4.40. The van der Waals surface area contributed by atoms with Crippen molar-refractivity contribution in [2.24, 2.45) is 0 Å². The molecule has 0 bridgehead atoms. The lowest BCUT2D eigenvalue weighted by atomic mass is 10.0. The second kappa shape index (κ2) is 5.33. The minimum Gasteiger partial charge on any atom is -0.332 e. The third-order valence-corrected chi connectivity index (χ3v) is 4.40. The van der Waals surface area contributed by atoms with E-state index >= 15 is 0 Å². The first-order chi connectivity index (χ1) is 11.8. The van der Waals surface area contributed by atoms with Crippen LogP contribution in [0.15, 0.2) is 24.4 Å². The summed E-state index contributed by atoms with van der Waals surface area (Å²) in [5.74, 6) is -0.386. The van der Waals surface area contributed by atoms with Gasteiger partial charge < -0.3 is 9.30 Å². The van der Waals surface area contributed by atoms with Crippen molar-refractivity contribution in [3.8, 4) is 0 Å². The van der Waals surface area contributed by atoms with Gasteiger partial charge in [0.15, 0.2) is 5.69 Å². The number of hydrogen-bond donors (Lipinski definition) is 1. The van der Waals surface area contributed by atoms with E-state index in [2.05, 4.69) is 15.2 Å². The number of amides is 1. The number of carbonyl (C=O) groups excluding carboxylic acids is 1. The highest BCUT2D eigenvalue weighted by Gasteiger charge is 2.40. The molecular weight excluding hydrogens is 335 g/mol. The molecule has 0 unspecified atom stereocenters. The van der Waals surface area contributed by atoms with Gasteiger partial charge in [-0.2, -0.15) is 18.3 Å². The van der Waals surface area contributed by atoms with Gasteiger partial charge in [0.1, 0.15) is 11.3 Å². The summed E-state index contributed by atoms with van der Waals surface area (Å²) < 4.78 is 40.9. The van der Waals surface area contributed by atoms with Crippen LogP contribution in [0.2, 0.25) is 0 Å². The number of aryl methyl sites for hydroxylation is 1. The fourth-order valence-corrected chi connectivity index (χ4v) is 3.12. The van der Waals surface area contributed by atoms with Crippen LogP contribution in [0.3, 0.4) is 0 Å². The number of rotatable bonds is 1. The average molecular weight is 349 g/mol. The summed E-state index contributed by atoms with van der Waals surface area (Å²) in [6, 6.07) is 5.49. The van der Waals surface area contributed by atoms with E-state index in [1.165, 1.54) is 4.90 Å². The molecule has 0 fully saturated rings. The molecule has 6 nitrogen and oxygen atoms in total. The largest absolute Gasteiger partial charge is 0.435 e. The van der Waals surface area contributed by atoms with E-state index in [0.29, 0.717) is 24.3 Å². The zero-order valence-corrected chi connectivity index (χ0v) is 13.3. The highest BCUT2D eigenvalue weighted by Crippen LogP contribution is 2.34. The van der Waals surface area contributed by atoms with Crippen LogP contribution in [0.1, 0.15) is 33.1 Å². The van der Waals surface area contributed by atoms with Gasteiger partial charge in [0.2, 0.25) is 0 Å². The van der Waals surface area contributed by atoms with Gasteiger partial charge in [0.25, 0.3) is 5.91 Å². The molecule has 9 heteroatoms. The maximum atomic E-state index is 13.0. The van der Waals surface area contributed by atoms with E-state index in [0.717, 1.165) is 5.69 Å². The maximum absolute atomic E-state index is 13.0. The smallest absolute Gasteiger partial charge is 0.332 e. The van der Waals surface area contributed by atoms with Crippen LogP contribution in [0.25, 0.3) is 5.65 Å². The van der Waals surface area contributed by atoms with Gasteiger partial charge in [-0.15, -0.1) is 0 Å². The Labute approximate surface area is 140 Å². The van der Waals surface area contributed by atoms with E-state index in [-0.39, 0.29) is 23.7 Å². The van der Waals surface area contributed by atoms with Crippen LogP contribution in [0, 0.1) is 6.92 Å². The van der Waals surface area contributed by atoms with E-state index in [1.807, 2.05) is 19.1 Å². The zero-order valence-electron chi connectivity index (χ0n) is 13.3. The van der Waals surface area contributed by atoms with Crippen LogP contribution in [-0.2, 0) is 19.1 Å². The van der Waals surface area contributed by atoms with Gasteiger partial charge in [0, 0.05) is 36.1 Å². The van der Waals surface area contributed by atoms with Gasteiger partial charge in [-0.05, 0) is 19.1 Å². The number of carbonyl (C=O) groups is 1. The Balaban J connectivity index is 1.65. The first kappa shape index (κ1) is 15.7. The van der Waals surface area contributed by atoms with E-state index in [9.17, 15) is 18.0 Å². The molecule has 1 aliphatic rings. The fraction of sp³-hybridized carbons (Fsp3) is 0.312. The summed E-state index contributed by atoms with van der Waals surface area (Å²) in [6.07, 6.45) is -2.63. The molecular formula is C16H14F3N5O. The first-order valence-electron chi connectivity index (χ1n) is 7.72. The monoisotopic (exact) mass is 349 g/mol. The van der Waals surface area contributed by atoms with E-state index in [4.69, 9.17) is 0 Å². The van der Waals surface area contributed by atoms with Crippen molar-refractivity contribution in [1.29, 1.82) is 0 Å². The number of hydrogen-bond acceptors (Lipinski definition) is 3. The van der Waals surface area contributed by atoms with E-state index < -0.39 is 11.9 Å². The summed E-state index contributed by atoms with van der Waals surface area (Å²) in [4.78, 5) is 18.4. The Hall–Kier alpha value is -2.84. The predicted molar refractivity (Wildman–Crippen MR) is 82.0 cm³/mol. The SMILES string of the molecule is Cc1cccc2nc(C(=O)N3CCc4[nH]nc(C(F)(F)F)c4C3)cn12. The Morgan fingerprint density at radius 2 is 2.12 bits per heavy atom. The molecule has 0 spiro atoms. The number of pyridine rings is 1. The number of aromatic nitrogens is 4. The minimum atomic E-state index is -4.55. The van der Waals surface area contributed by atoms with Crippen molar-refractivity contribution in [2.45, 2.75) is 26.1 Å². The molecule has 3 aromatic rings. The average Bonchev–Trinajstić information content (AvgIpc) is 3.17. The highest BCUT2D eigenvalue weighted by atomic mass is 19.4. The molecule has 1 aliphatic heterocycles. The molecule has 4 rings (SSSR count). The van der Waals surface area contributed by atoms with Gasteiger partial charge in [-0.1, -0.05) is 6.07 Å². The lowest BCUT2D eigenvalue weighted by Crippen LogP contribution is -2.36. The molecule has 0 saturated heterocycles. The van der Waals surface area contributed by atoms with Crippen LogP contribution in [-0.4, -0.2) is 36.9 Å². The summed E-state index contributed by atoms with van der Waals surface area (Å²) >= 11 is 0. The molecule has 4 heterocycles. The Kier molecular flexibility index (Phi) is 3.34. The maximum Gasteiger partial charge on any atom is 0.435 e. The standard InChI is InChI=1S/C16H14F3N5O/c1-9-3-2-4-13-20-12(8-24(9)13)15(25)23-6-5-11-10(7-23)14(22-21-11)16(17,18)19/h2-4,8H,5-7H2,1H3,(H,21,22). The van der Waals surface area contributed by atoms with Crippen LogP contribution >= 0.6 is 0 Å². The number of aromatic amines is 1. The van der Waals surface area contributed by atoms with Crippen LogP contribution in [0.4, 0.5) is 13.2 Å². The molecule has 3 aromatic heterocycles. The number of nitrogens with one attached hydrogen (secondary N) is 1. The van der Waals surface area contributed by atoms with E-state index in [1.54, 1.807) is 16.7 Å². The molecule has 0 aliphatic carbocycles. The summed E-state index contributed by atoms with van der Waals surface area (Å²) in [5, 5.41) is 5.81. The van der Waals surface area contributed by atoms with Gasteiger partial charge in [0.05, 0.1) is 6.54 Å². The molecule has 25 heavy (non-hydrogen) atoms. The lowest BCUT2D eigenvalue weighted by Gasteiger charge is -2.26. The highest BCUT2D eigenvalue weighted by molar-refractivity contribution is 5.93. The Morgan fingerprint density at radius 3 is 2.84 bits per heavy atom. The van der Waals surface area contributed by atoms with Crippen molar-refractivity contribution >= 4 is 11.6 Å². The molecule has 0 saturated carbocycles. The topological polar surface area (TPSA) is 66.3 Å². The van der Waals surface area contributed by atoms with Crippen molar-refractivity contribution in [2.75, 3.05) is 6.54 Å². The number of halogens is 3. The molecule has 0 atom stereocenters. The quantitative estimate of drug-likeness (QED) is 0.734. The molecule has 1 N–H and O–H groups in total. The Morgan fingerprint density at radius 1 is 1.32 bits per heavy atom. The molecule has 1 amide bonds. The van der Waals surface area contributed by atoms with Crippen molar-refractivity contribution in [3.63, 3.8) is 0 Å². The third kappa shape index (κ3) is 2.55. The molecule has 130 valence electrons. The number of alkyl halides is 3.